The molecule has 1 unspecified atom stereocenters. The molecular formula is C30H31FN6O7S. The van der Waals surface area contributed by atoms with Gasteiger partial charge in [-0.25, -0.2) is 17.5 Å². The molecule has 13 nitrogen and oxygen atoms in total. The lowest BCUT2D eigenvalue weighted by atomic mass is 9.96. The number of carbonyl (C=O) groups is 1. The van der Waals surface area contributed by atoms with E-state index in [0.29, 0.717) is 35.9 Å². The largest absolute Gasteiger partial charge is 0.476 e. The Hall–Kier alpha value is -4.76. The summed E-state index contributed by atoms with van der Waals surface area (Å²) in [5.41, 5.74) is -0.472. The Balaban J connectivity index is 1.28. The van der Waals surface area contributed by atoms with Gasteiger partial charge in [0.05, 0.1) is 27.7 Å². The number of rotatable bonds is 8. The number of sulfonamides is 1. The number of pyridine rings is 1. The standard InChI is InChI=1S/C30H31FN6O7S/c1-19-9-13-44-29-26(16-20-8-12-32-27(20)34-29)36(19)24-5-3-2-4-22(24)28(38)35-45(41,42)21-6-7-23(25(17-21)37(39)40)33-18-30(31)10-14-43-15-11-30/h2-8,12,16-17,19,33H,9-11,13-15,18H2,1H3,(H,32,34)(H,35,38). The number of nitrogens with zero attached hydrogens (tertiary/aromatic N) is 3. The number of nitro groups is 1. The first-order chi connectivity index (χ1) is 21.5. The van der Waals surface area contributed by atoms with Crippen LogP contribution < -0.4 is 19.7 Å². The van der Waals surface area contributed by atoms with E-state index in [4.69, 9.17) is 9.47 Å². The van der Waals surface area contributed by atoms with E-state index < -0.39 is 37.1 Å². The maximum Gasteiger partial charge on any atom is 0.293 e. The smallest absolute Gasteiger partial charge is 0.293 e. The second-order valence-corrected chi connectivity index (χ2v) is 12.8. The van der Waals surface area contributed by atoms with Crippen LogP contribution in [0.3, 0.4) is 0 Å². The fourth-order valence-corrected chi connectivity index (χ4v) is 6.54. The zero-order chi connectivity index (χ0) is 31.8. The molecule has 0 radical (unpaired) electrons. The van der Waals surface area contributed by atoms with Crippen molar-refractivity contribution in [2.75, 3.05) is 36.6 Å². The number of aromatic nitrogens is 2. The zero-order valence-electron chi connectivity index (χ0n) is 24.3. The lowest BCUT2D eigenvalue weighted by Crippen LogP contribution is -2.38. The van der Waals surface area contributed by atoms with Crippen molar-refractivity contribution in [2.24, 2.45) is 0 Å². The van der Waals surface area contributed by atoms with Crippen molar-refractivity contribution < 1.29 is 32.0 Å². The number of H-pyrrole nitrogens is 1. The third-order valence-electron chi connectivity index (χ3n) is 8.05. The fraction of sp³-hybridized carbons (Fsp3) is 0.333. The van der Waals surface area contributed by atoms with Crippen LogP contribution in [0.5, 0.6) is 5.88 Å². The summed E-state index contributed by atoms with van der Waals surface area (Å²) in [6, 6.07) is 13.3. The maximum atomic E-state index is 15.0. The van der Waals surface area contributed by atoms with E-state index in [1.165, 1.54) is 12.1 Å². The Bertz CT molecular complexity index is 1880. The van der Waals surface area contributed by atoms with Gasteiger partial charge in [-0.3, -0.25) is 14.9 Å². The molecule has 0 aliphatic carbocycles. The molecule has 1 amide bonds. The molecule has 3 N–H and O–H groups in total. The summed E-state index contributed by atoms with van der Waals surface area (Å²) in [6.45, 7) is 2.63. The monoisotopic (exact) mass is 638 g/mol. The lowest BCUT2D eigenvalue weighted by Gasteiger charge is -2.31. The summed E-state index contributed by atoms with van der Waals surface area (Å²) in [4.78, 5) is 33.8. The Morgan fingerprint density at radius 2 is 1.93 bits per heavy atom. The van der Waals surface area contributed by atoms with E-state index in [1.807, 2.05) is 24.0 Å². The molecule has 2 aromatic carbocycles. The van der Waals surface area contributed by atoms with Gasteiger partial charge in [-0.05, 0) is 43.3 Å². The van der Waals surface area contributed by atoms with Crippen LogP contribution in [0.15, 0.2) is 65.7 Å². The quantitative estimate of drug-likeness (QED) is 0.180. The molecule has 45 heavy (non-hydrogen) atoms. The van der Waals surface area contributed by atoms with Crippen molar-refractivity contribution in [3.05, 3.63) is 76.5 Å². The average Bonchev–Trinajstić information content (AvgIpc) is 3.41. The number of nitrogens with one attached hydrogen (secondary N) is 3. The van der Waals surface area contributed by atoms with Gasteiger partial charge in [0, 0.05) is 62.7 Å². The molecule has 1 atom stereocenters. The van der Waals surface area contributed by atoms with Gasteiger partial charge in [-0.1, -0.05) is 12.1 Å². The molecule has 0 saturated carbocycles. The summed E-state index contributed by atoms with van der Waals surface area (Å²) >= 11 is 0. The van der Waals surface area contributed by atoms with Crippen molar-refractivity contribution in [3.8, 4) is 5.88 Å². The zero-order valence-corrected chi connectivity index (χ0v) is 25.1. The molecule has 1 saturated heterocycles. The molecule has 2 aliphatic rings. The predicted octanol–water partition coefficient (Wildman–Crippen LogP) is 4.83. The van der Waals surface area contributed by atoms with Crippen molar-refractivity contribution >= 4 is 49.7 Å². The van der Waals surface area contributed by atoms with Gasteiger partial charge < -0.3 is 24.7 Å². The maximum absolute atomic E-state index is 15.0. The van der Waals surface area contributed by atoms with E-state index in [-0.39, 0.29) is 49.9 Å². The number of halogens is 1. The molecule has 15 heteroatoms. The number of aromatic amines is 1. The van der Waals surface area contributed by atoms with Crippen LogP contribution in [0.2, 0.25) is 0 Å². The van der Waals surface area contributed by atoms with E-state index in [2.05, 4.69) is 20.0 Å². The highest BCUT2D eigenvalue weighted by molar-refractivity contribution is 7.90. The van der Waals surface area contributed by atoms with Crippen molar-refractivity contribution in [3.63, 3.8) is 0 Å². The SMILES string of the molecule is CC1CCOc2nc3[nH]ccc3cc2N1c1ccccc1C(=O)NS(=O)(=O)c1ccc(NCC2(F)CCOCC2)c([N+](=O)[O-])c1. The van der Waals surface area contributed by atoms with Gasteiger partial charge in [-0.2, -0.15) is 4.98 Å². The van der Waals surface area contributed by atoms with Gasteiger partial charge in [0.15, 0.2) is 0 Å². The van der Waals surface area contributed by atoms with E-state index in [9.17, 15) is 23.3 Å². The number of hydrogen-bond donors (Lipinski definition) is 3. The molecule has 1 fully saturated rings. The number of para-hydroxylation sites is 1. The third kappa shape index (κ3) is 6.13. The minimum Gasteiger partial charge on any atom is -0.476 e. The van der Waals surface area contributed by atoms with Crippen molar-refractivity contribution in [1.29, 1.82) is 0 Å². The van der Waals surface area contributed by atoms with Crippen LogP contribution >= 0.6 is 0 Å². The lowest BCUT2D eigenvalue weighted by molar-refractivity contribution is -0.384. The second-order valence-electron chi connectivity index (χ2n) is 11.1. The van der Waals surface area contributed by atoms with E-state index in [0.717, 1.165) is 17.5 Å². The minimum atomic E-state index is -4.56. The molecular weight excluding hydrogens is 607 g/mol. The van der Waals surface area contributed by atoms with Crippen LogP contribution in [-0.2, 0) is 14.8 Å². The van der Waals surface area contributed by atoms with Crippen LogP contribution in [0, 0.1) is 10.1 Å². The first-order valence-electron chi connectivity index (χ1n) is 14.4. The third-order valence-corrected chi connectivity index (χ3v) is 9.38. The molecule has 236 valence electrons. The molecule has 4 aromatic rings. The highest BCUT2D eigenvalue weighted by Gasteiger charge is 2.34. The average molecular weight is 639 g/mol. The summed E-state index contributed by atoms with van der Waals surface area (Å²) in [6.07, 6.45) is 2.62. The van der Waals surface area contributed by atoms with Crippen LogP contribution in [0.4, 0.5) is 27.1 Å². The van der Waals surface area contributed by atoms with Gasteiger partial charge >= 0.3 is 0 Å². The Morgan fingerprint density at radius 1 is 1.16 bits per heavy atom. The van der Waals surface area contributed by atoms with Crippen LogP contribution in [0.25, 0.3) is 11.0 Å². The number of anilines is 3. The van der Waals surface area contributed by atoms with E-state index >= 15 is 4.39 Å². The molecule has 6 rings (SSSR count). The summed E-state index contributed by atoms with van der Waals surface area (Å²) in [5, 5.41) is 15.4. The van der Waals surface area contributed by atoms with Gasteiger partial charge in [0.1, 0.15) is 22.7 Å². The Labute approximate surface area is 257 Å². The number of carbonyl (C=O) groups excluding carboxylic acids is 1. The molecule has 0 bridgehead atoms. The topological polar surface area (TPSA) is 169 Å². The normalized spacial score (nSPS) is 18.0. The van der Waals surface area contributed by atoms with Crippen LogP contribution in [-0.4, -0.2) is 67.3 Å². The summed E-state index contributed by atoms with van der Waals surface area (Å²) < 4.78 is 55.0. The number of benzene rings is 2. The first-order valence-corrected chi connectivity index (χ1v) is 15.9. The van der Waals surface area contributed by atoms with E-state index in [1.54, 1.807) is 24.4 Å². The summed E-state index contributed by atoms with van der Waals surface area (Å²) in [7, 11) is -4.56. The predicted molar refractivity (Wildman–Crippen MR) is 164 cm³/mol. The minimum absolute atomic E-state index is 0.0414. The number of alkyl halides is 1. The van der Waals surface area contributed by atoms with Crippen molar-refractivity contribution in [1.82, 2.24) is 14.7 Å². The Kier molecular flexibility index (Phi) is 8.05. The van der Waals surface area contributed by atoms with Gasteiger partial charge in [0.25, 0.3) is 21.6 Å². The number of ether oxygens (including phenoxy) is 2. The molecule has 2 aliphatic heterocycles. The van der Waals surface area contributed by atoms with Gasteiger partial charge in [-0.15, -0.1) is 0 Å². The number of amides is 1. The number of hydrogen-bond acceptors (Lipinski definition) is 10. The summed E-state index contributed by atoms with van der Waals surface area (Å²) in [5.74, 6) is -0.558. The molecule has 0 spiro atoms. The number of nitro benzene ring substituents is 1. The van der Waals surface area contributed by atoms with Crippen molar-refractivity contribution in [2.45, 2.75) is 42.8 Å². The van der Waals surface area contributed by atoms with Crippen LogP contribution in [0.1, 0.15) is 36.5 Å². The second kappa shape index (κ2) is 12.0. The number of fused-ring (bicyclic) bond motifs is 2. The highest BCUT2D eigenvalue weighted by atomic mass is 32.2. The van der Waals surface area contributed by atoms with Gasteiger partial charge in [0.2, 0.25) is 5.88 Å². The molecule has 2 aromatic heterocycles. The Morgan fingerprint density at radius 3 is 2.71 bits per heavy atom. The first kappa shape index (κ1) is 30.3. The fourth-order valence-electron chi connectivity index (χ4n) is 5.55. The highest BCUT2D eigenvalue weighted by Crippen LogP contribution is 2.40. The molecule has 4 heterocycles.